The summed E-state index contributed by atoms with van der Waals surface area (Å²) in [6, 6.07) is 0. The van der Waals surface area contributed by atoms with Crippen LogP contribution >= 0.6 is 0 Å². The van der Waals surface area contributed by atoms with E-state index in [9.17, 15) is 39.0 Å². The molecular weight excluding hydrogens is 494 g/mol. The number of carbonyl (C=O) groups is 6. The van der Waals surface area contributed by atoms with Gasteiger partial charge in [-0.05, 0) is 0 Å². The predicted octanol–water partition coefficient (Wildman–Crippen LogP) is -15.0. The fourth-order valence-electron chi connectivity index (χ4n) is 0.798. The molecule has 0 amide bonds. The molecule has 0 aliphatic rings. The van der Waals surface area contributed by atoms with E-state index in [-0.39, 0.29) is 80.9 Å². The maximum absolute atomic E-state index is 9.77. The van der Waals surface area contributed by atoms with E-state index >= 15 is 0 Å². The number of rotatable bonds is 9. The van der Waals surface area contributed by atoms with Crippen molar-refractivity contribution in [1.29, 1.82) is 0 Å². The molecule has 0 aromatic rings. The molecule has 0 spiro atoms. The normalized spacial score (nSPS) is 14.8. The summed E-state index contributed by atoms with van der Waals surface area (Å²) in [4.78, 5) is 58.4. The van der Waals surface area contributed by atoms with E-state index < -0.39 is 72.4 Å². The molecule has 10 N–H and O–H groups in total. The van der Waals surface area contributed by atoms with E-state index in [0.29, 0.717) is 0 Å². The fraction of sp³-hybridized carbons (Fsp3) is 0.500. The number of aliphatic hydroxyl groups excluding tert-OH is 6. The molecule has 0 bridgehead atoms. The van der Waals surface area contributed by atoms with Crippen molar-refractivity contribution < 1.29 is 171 Å². The number of carboxylic acid groups (broad SMARTS) is 6. The first kappa shape index (κ1) is 41.5. The minimum Gasteiger partial charge on any atom is -0.547 e. The van der Waals surface area contributed by atoms with Gasteiger partial charge in [0.25, 0.3) is 0 Å². The molecule has 0 fully saturated rings. The third-order valence-corrected chi connectivity index (χ3v) is 2.39. The second kappa shape index (κ2) is 20.8. The van der Waals surface area contributed by atoms with E-state index in [1.807, 2.05) is 0 Å². The van der Waals surface area contributed by atoms with Gasteiger partial charge in [0.1, 0.15) is 12.2 Å². The zero-order chi connectivity index (χ0) is 24.9. The molecular formula is C12H16KNaO18. The summed E-state index contributed by atoms with van der Waals surface area (Å²) in [6.07, 6.45) is -13.9. The van der Waals surface area contributed by atoms with Crippen LogP contribution in [0.3, 0.4) is 0 Å². The quantitative estimate of drug-likeness (QED) is 0.129. The number of hydrogen-bond donors (Lipinski definition) is 10. The average Bonchev–Trinajstić information content (AvgIpc) is 2.64. The summed E-state index contributed by atoms with van der Waals surface area (Å²) >= 11 is 0. The Labute approximate surface area is 241 Å². The molecule has 18 nitrogen and oxygen atoms in total. The van der Waals surface area contributed by atoms with Gasteiger partial charge >= 0.3 is 105 Å². The third kappa shape index (κ3) is 18.8. The summed E-state index contributed by atoms with van der Waals surface area (Å²) in [5, 5.41) is 101. The molecule has 20 heteroatoms. The Balaban J connectivity index is -0.000000110. The topological polar surface area (TPSA) is 351 Å². The monoisotopic (exact) mass is 510 g/mol. The van der Waals surface area contributed by atoms with Crippen LogP contribution in [0.2, 0.25) is 0 Å². The SMILES string of the molecule is O=C(O)C(O)C(O)C(=O)O.O=C(O)C(O)C(O)C(=O)O.O=C([O-])C(O)C(O)C(=O)[O-].[K+].[Na+]. The maximum Gasteiger partial charge on any atom is 1.00 e. The summed E-state index contributed by atoms with van der Waals surface area (Å²) in [5.41, 5.74) is 0. The van der Waals surface area contributed by atoms with Crippen molar-refractivity contribution in [3.63, 3.8) is 0 Å². The van der Waals surface area contributed by atoms with E-state index in [0.717, 1.165) is 0 Å². The van der Waals surface area contributed by atoms with Gasteiger partial charge in [-0.3, -0.25) is 0 Å². The van der Waals surface area contributed by atoms with Crippen LogP contribution in [0.25, 0.3) is 0 Å². The van der Waals surface area contributed by atoms with Gasteiger partial charge in [0.05, 0.1) is 11.9 Å². The largest absolute Gasteiger partial charge is 1.00 e. The Morgan fingerprint density at radius 1 is 0.438 bits per heavy atom. The molecule has 6 atom stereocenters. The van der Waals surface area contributed by atoms with Crippen molar-refractivity contribution in [2.24, 2.45) is 0 Å². The molecule has 0 aromatic carbocycles. The van der Waals surface area contributed by atoms with Crippen molar-refractivity contribution in [2.75, 3.05) is 0 Å². The molecule has 0 radical (unpaired) electrons. The van der Waals surface area contributed by atoms with Gasteiger partial charge in [0.15, 0.2) is 24.4 Å². The average molecular weight is 510 g/mol. The fourth-order valence-corrected chi connectivity index (χ4v) is 0.798. The van der Waals surface area contributed by atoms with Gasteiger partial charge < -0.3 is 70.9 Å². The zero-order valence-corrected chi connectivity index (χ0v) is 21.3. The minimum atomic E-state index is -2.44. The van der Waals surface area contributed by atoms with Gasteiger partial charge in [-0.1, -0.05) is 0 Å². The Morgan fingerprint density at radius 3 is 0.625 bits per heavy atom. The van der Waals surface area contributed by atoms with Crippen LogP contribution in [0.5, 0.6) is 0 Å². The molecule has 0 aliphatic heterocycles. The minimum absolute atomic E-state index is 0. The Hall–Kier alpha value is -0.784. The molecule has 0 aliphatic carbocycles. The summed E-state index contributed by atoms with van der Waals surface area (Å²) in [5.74, 6) is -11.2. The molecule has 32 heavy (non-hydrogen) atoms. The summed E-state index contributed by atoms with van der Waals surface area (Å²) < 4.78 is 0. The van der Waals surface area contributed by atoms with Gasteiger partial charge in [-0.15, -0.1) is 0 Å². The predicted molar refractivity (Wildman–Crippen MR) is 76.6 cm³/mol. The smallest absolute Gasteiger partial charge is 0.547 e. The van der Waals surface area contributed by atoms with Gasteiger partial charge in [0.2, 0.25) is 0 Å². The first-order chi connectivity index (χ1) is 13.4. The molecule has 0 saturated heterocycles. The Kier molecular flexibility index (Phi) is 27.0. The van der Waals surface area contributed by atoms with Crippen molar-refractivity contribution in [3.05, 3.63) is 0 Å². The van der Waals surface area contributed by atoms with E-state index in [1.165, 1.54) is 0 Å². The zero-order valence-electron chi connectivity index (χ0n) is 16.2. The number of hydrogen-bond acceptors (Lipinski definition) is 14. The van der Waals surface area contributed by atoms with E-state index in [1.54, 1.807) is 0 Å². The van der Waals surface area contributed by atoms with Crippen LogP contribution in [-0.2, 0) is 28.8 Å². The number of aliphatic carboxylic acids is 6. The summed E-state index contributed by atoms with van der Waals surface area (Å²) in [6.45, 7) is 0. The number of carbonyl (C=O) groups excluding carboxylic acids is 2. The molecule has 6 unspecified atom stereocenters. The second-order valence-corrected chi connectivity index (χ2v) is 4.66. The second-order valence-electron chi connectivity index (χ2n) is 4.66. The molecule has 0 rings (SSSR count). The first-order valence-electron chi connectivity index (χ1n) is 6.81. The van der Waals surface area contributed by atoms with Gasteiger partial charge in [-0.25, -0.2) is 19.2 Å². The molecule has 174 valence electrons. The van der Waals surface area contributed by atoms with Gasteiger partial charge in [0, 0.05) is 0 Å². The Morgan fingerprint density at radius 2 is 0.562 bits per heavy atom. The van der Waals surface area contributed by atoms with Crippen molar-refractivity contribution in [2.45, 2.75) is 36.6 Å². The standard InChI is InChI=1S/3C4H6O6.K.Na/c3*5-1(3(7)8)2(6)4(9)10;;/h3*1-2,5-6H,(H,7,8)(H,9,10);;/q;;;2*+1/p-2. The van der Waals surface area contributed by atoms with Crippen molar-refractivity contribution >= 4 is 35.8 Å². The summed E-state index contributed by atoms with van der Waals surface area (Å²) in [7, 11) is 0. The Bertz CT molecular complexity index is 500. The maximum atomic E-state index is 9.77. The molecule has 0 heterocycles. The van der Waals surface area contributed by atoms with Crippen LogP contribution in [0.1, 0.15) is 0 Å². The molecule has 0 saturated carbocycles. The van der Waals surface area contributed by atoms with Gasteiger partial charge in [-0.2, -0.15) is 0 Å². The first-order valence-corrected chi connectivity index (χ1v) is 6.81. The third-order valence-electron chi connectivity index (χ3n) is 2.39. The van der Waals surface area contributed by atoms with Crippen molar-refractivity contribution in [3.8, 4) is 0 Å². The van der Waals surface area contributed by atoms with Crippen LogP contribution in [0, 0.1) is 0 Å². The number of aliphatic hydroxyl groups is 6. The van der Waals surface area contributed by atoms with Crippen LogP contribution in [0.4, 0.5) is 0 Å². The number of carboxylic acids is 6. The van der Waals surface area contributed by atoms with Crippen LogP contribution in [-0.4, -0.2) is 124 Å². The van der Waals surface area contributed by atoms with Crippen molar-refractivity contribution in [1.82, 2.24) is 0 Å². The van der Waals surface area contributed by atoms with Crippen LogP contribution in [0.15, 0.2) is 0 Å². The van der Waals surface area contributed by atoms with E-state index in [4.69, 9.17) is 51.1 Å². The molecule has 0 aromatic heterocycles. The van der Waals surface area contributed by atoms with E-state index in [2.05, 4.69) is 0 Å². The van der Waals surface area contributed by atoms with Crippen LogP contribution < -0.4 is 91.2 Å².